The number of aryl methyl sites for hydroxylation is 2. The molecule has 0 aliphatic rings. The summed E-state index contributed by atoms with van der Waals surface area (Å²) in [5.74, 6) is 0. The van der Waals surface area contributed by atoms with E-state index in [1.807, 2.05) is 26.0 Å². The minimum absolute atomic E-state index is 0.170. The first kappa shape index (κ1) is 37.4. The van der Waals surface area contributed by atoms with Crippen LogP contribution in [0.2, 0.25) is 36.3 Å². The first-order valence-corrected chi connectivity index (χ1v) is 22.1. The summed E-state index contributed by atoms with van der Waals surface area (Å²) >= 11 is 0. The van der Waals surface area contributed by atoms with Crippen molar-refractivity contribution in [1.29, 1.82) is 0 Å². The van der Waals surface area contributed by atoms with Gasteiger partial charge in [0, 0.05) is 0 Å². The zero-order valence-electron chi connectivity index (χ0n) is 29.8. The number of hydrogen-bond donors (Lipinski definition) is 1. The summed E-state index contributed by atoms with van der Waals surface area (Å²) in [4.78, 5) is 0. The van der Waals surface area contributed by atoms with Gasteiger partial charge in [0.25, 0.3) is 0 Å². The van der Waals surface area contributed by atoms with Crippen LogP contribution >= 0.6 is 0 Å². The molecule has 5 heteroatoms. The van der Waals surface area contributed by atoms with Crippen molar-refractivity contribution in [3.63, 3.8) is 0 Å². The van der Waals surface area contributed by atoms with Gasteiger partial charge in [0.2, 0.25) is 0 Å². The monoisotopic (exact) mass is 622 g/mol. The zero-order chi connectivity index (χ0) is 32.7. The Bertz CT molecular complexity index is 1240. The van der Waals surface area contributed by atoms with Crippen LogP contribution in [0.3, 0.4) is 0 Å². The number of allylic oxidation sites excluding steroid dienone is 3. The van der Waals surface area contributed by atoms with E-state index in [-0.39, 0.29) is 10.1 Å². The molecular weight excluding hydrogens is 561 g/mol. The van der Waals surface area contributed by atoms with Gasteiger partial charge in [-0.3, -0.25) is 0 Å². The van der Waals surface area contributed by atoms with Crippen molar-refractivity contribution >= 4 is 22.2 Å². The molecule has 2 rings (SSSR count). The van der Waals surface area contributed by atoms with E-state index < -0.39 is 22.2 Å². The van der Waals surface area contributed by atoms with E-state index in [1.165, 1.54) is 33.4 Å². The third-order valence-electron chi connectivity index (χ3n) is 10.1. The third kappa shape index (κ3) is 11.0. The fourth-order valence-corrected chi connectivity index (χ4v) is 6.17. The first-order valence-electron chi connectivity index (χ1n) is 16.3. The van der Waals surface area contributed by atoms with E-state index in [0.717, 1.165) is 25.7 Å². The molecular formula is C38H62O3Si2. The zero-order valence-corrected chi connectivity index (χ0v) is 31.8. The number of hydrogen-bond acceptors (Lipinski definition) is 3. The normalized spacial score (nSPS) is 14.1. The van der Waals surface area contributed by atoms with E-state index in [4.69, 9.17) is 8.85 Å². The lowest BCUT2D eigenvalue weighted by molar-refractivity contribution is 0.0828. The molecule has 43 heavy (non-hydrogen) atoms. The molecule has 240 valence electrons. The summed E-state index contributed by atoms with van der Waals surface area (Å²) < 4.78 is 13.4. The molecule has 3 nitrogen and oxygen atoms in total. The molecule has 0 aromatic heterocycles. The van der Waals surface area contributed by atoms with E-state index in [9.17, 15) is 5.11 Å². The lowest BCUT2D eigenvalue weighted by Crippen LogP contribution is -2.41. The Morgan fingerprint density at radius 1 is 0.744 bits per heavy atom. The first-order chi connectivity index (χ1) is 19.7. The maximum Gasteiger partial charge on any atom is 0.192 e. The van der Waals surface area contributed by atoms with Gasteiger partial charge in [-0.05, 0) is 102 Å². The van der Waals surface area contributed by atoms with Crippen LogP contribution in [0.5, 0.6) is 0 Å². The highest BCUT2D eigenvalue weighted by molar-refractivity contribution is 6.74. The van der Waals surface area contributed by atoms with Crippen molar-refractivity contribution in [3.8, 4) is 0 Å². The number of benzene rings is 2. The predicted octanol–water partition coefficient (Wildman–Crippen LogP) is 11.0. The van der Waals surface area contributed by atoms with Crippen molar-refractivity contribution in [3.05, 3.63) is 88.5 Å². The Balaban J connectivity index is 2.25. The summed E-state index contributed by atoms with van der Waals surface area (Å²) in [6.07, 6.45) is 9.42. The maximum absolute atomic E-state index is 10.6. The molecule has 0 amide bonds. The standard InChI is InChI=1S/C38H62O3Si2/c1-14-38(39,15-2)25-17-18-30(3)33-20-16-19-31(26-33)21-22-32-23-24-34(28-40-42(10,11)36(4,5)6)35(27-32)29-41-43(12,13)37(7,8)9/h16-20,23-27,39H,14-15,21-22,28-29H2,1-13H3/b25-17+,30-18+. The van der Waals surface area contributed by atoms with Gasteiger partial charge in [-0.15, -0.1) is 0 Å². The van der Waals surface area contributed by atoms with Crippen LogP contribution in [-0.4, -0.2) is 27.3 Å². The molecule has 2 aromatic rings. The van der Waals surface area contributed by atoms with Crippen LogP contribution in [0.25, 0.3) is 5.57 Å². The van der Waals surface area contributed by atoms with E-state index >= 15 is 0 Å². The largest absolute Gasteiger partial charge is 0.413 e. The van der Waals surface area contributed by atoms with Crippen LogP contribution < -0.4 is 0 Å². The molecule has 0 saturated carbocycles. The summed E-state index contributed by atoms with van der Waals surface area (Å²) in [7, 11) is -3.75. The van der Waals surface area contributed by atoms with Gasteiger partial charge >= 0.3 is 0 Å². The molecule has 0 bridgehead atoms. The molecule has 0 aliphatic carbocycles. The second-order valence-electron chi connectivity index (χ2n) is 15.4. The Hall–Kier alpha value is -1.77. The molecule has 0 aliphatic heterocycles. The van der Waals surface area contributed by atoms with E-state index in [2.05, 4.69) is 123 Å². The molecule has 0 spiro atoms. The molecule has 0 radical (unpaired) electrons. The lowest BCUT2D eigenvalue weighted by atomic mass is 9.96. The minimum Gasteiger partial charge on any atom is -0.413 e. The minimum atomic E-state index is -1.89. The predicted molar refractivity (Wildman–Crippen MR) is 193 cm³/mol. The quantitative estimate of drug-likeness (QED) is 0.168. The maximum atomic E-state index is 10.6. The van der Waals surface area contributed by atoms with E-state index in [1.54, 1.807) is 0 Å². The highest BCUT2D eigenvalue weighted by Gasteiger charge is 2.38. The van der Waals surface area contributed by atoms with Gasteiger partial charge in [-0.25, -0.2) is 0 Å². The van der Waals surface area contributed by atoms with Crippen LogP contribution in [0.15, 0.2) is 60.7 Å². The second-order valence-corrected chi connectivity index (χ2v) is 25.0. The van der Waals surface area contributed by atoms with Crippen LogP contribution in [0.1, 0.15) is 103 Å². The molecule has 0 heterocycles. The average Bonchev–Trinajstić information content (AvgIpc) is 2.93. The van der Waals surface area contributed by atoms with Crippen LogP contribution in [-0.2, 0) is 34.9 Å². The Morgan fingerprint density at radius 2 is 1.26 bits per heavy atom. The fourth-order valence-electron chi connectivity index (χ4n) is 4.27. The molecule has 0 saturated heterocycles. The second kappa shape index (κ2) is 15.0. The highest BCUT2D eigenvalue weighted by atomic mass is 28.4. The summed E-state index contributed by atoms with van der Waals surface area (Å²) in [5.41, 5.74) is 6.88. The van der Waals surface area contributed by atoms with Crippen LogP contribution in [0.4, 0.5) is 0 Å². The molecule has 1 N–H and O–H groups in total. The SMILES string of the molecule is CCC(O)(/C=C/C=C(\C)c1cccc(CCc2ccc(CO[Si](C)(C)C(C)(C)C)c(CO[Si](C)(C)C(C)(C)C)c2)c1)CC. The van der Waals surface area contributed by atoms with Gasteiger partial charge in [0.15, 0.2) is 16.6 Å². The van der Waals surface area contributed by atoms with Gasteiger partial charge < -0.3 is 14.0 Å². The molecule has 0 fully saturated rings. The Kier molecular flexibility index (Phi) is 13.1. The van der Waals surface area contributed by atoms with Gasteiger partial charge in [-0.2, -0.15) is 0 Å². The van der Waals surface area contributed by atoms with Crippen molar-refractivity contribution in [2.45, 2.75) is 143 Å². The van der Waals surface area contributed by atoms with Crippen molar-refractivity contribution in [2.24, 2.45) is 0 Å². The average molecular weight is 623 g/mol. The summed E-state index contributed by atoms with van der Waals surface area (Å²) in [5, 5.41) is 10.9. The van der Waals surface area contributed by atoms with Gasteiger partial charge in [0.05, 0.1) is 18.8 Å². The number of aliphatic hydroxyl groups is 1. The highest BCUT2D eigenvalue weighted by Crippen LogP contribution is 2.39. The van der Waals surface area contributed by atoms with Crippen molar-refractivity contribution < 1.29 is 14.0 Å². The van der Waals surface area contributed by atoms with Gasteiger partial charge in [0.1, 0.15) is 0 Å². The van der Waals surface area contributed by atoms with Crippen LogP contribution in [0, 0.1) is 0 Å². The Labute approximate surface area is 267 Å². The smallest absolute Gasteiger partial charge is 0.192 e. The van der Waals surface area contributed by atoms with Gasteiger partial charge in [-0.1, -0.05) is 116 Å². The summed E-state index contributed by atoms with van der Waals surface area (Å²) in [6.45, 7) is 30.6. The topological polar surface area (TPSA) is 38.7 Å². The molecule has 0 atom stereocenters. The molecule has 0 unspecified atom stereocenters. The fraction of sp³-hybridized carbons (Fsp3) is 0.579. The summed E-state index contributed by atoms with van der Waals surface area (Å²) in [6, 6.07) is 15.8. The van der Waals surface area contributed by atoms with E-state index in [0.29, 0.717) is 13.2 Å². The van der Waals surface area contributed by atoms with Crippen molar-refractivity contribution in [2.75, 3.05) is 0 Å². The molecule has 2 aromatic carbocycles. The third-order valence-corrected chi connectivity index (χ3v) is 19.1. The lowest BCUT2D eigenvalue weighted by Gasteiger charge is -2.37. The Morgan fingerprint density at radius 3 is 1.77 bits per heavy atom. The van der Waals surface area contributed by atoms with Crippen molar-refractivity contribution in [1.82, 2.24) is 0 Å². The number of rotatable bonds is 14.